The van der Waals surface area contributed by atoms with Crippen molar-refractivity contribution in [3.05, 3.63) is 59.7 Å². The number of nitrogens with two attached hydrogens (primary N) is 1. The van der Waals surface area contributed by atoms with Crippen molar-refractivity contribution < 1.29 is 4.79 Å². The minimum Gasteiger partial charge on any atom is -0.351 e. The maximum Gasteiger partial charge on any atom is 0.323 e. The molecule has 0 spiro atoms. The van der Waals surface area contributed by atoms with E-state index < -0.39 is 6.03 Å². The molecule has 2 aromatic rings. The minimum atomic E-state index is -0.426. The number of urea groups is 1. The summed E-state index contributed by atoms with van der Waals surface area (Å²) in [5, 5.41) is 0. The van der Waals surface area contributed by atoms with Crippen molar-refractivity contribution in [2.45, 2.75) is 32.6 Å². The molecule has 0 fully saturated rings. The second-order valence-corrected chi connectivity index (χ2v) is 6.06. The standard InChI is InChI=1S/C19H22N2O/c1-3-13(2)16-12-14-8-4-6-10-17(14)21(19(20)22)18-11-7-5-9-15(16)18/h4-11,13,16H,3,12H2,1-2H3,(H2,20,22)/t13-,16?/m1/s1. The van der Waals surface area contributed by atoms with Crippen LogP contribution in [0.1, 0.15) is 37.3 Å². The third-order valence-corrected chi connectivity index (χ3v) is 4.80. The number of rotatable bonds is 2. The fourth-order valence-corrected chi connectivity index (χ4v) is 3.41. The zero-order valence-corrected chi connectivity index (χ0v) is 13.1. The fourth-order valence-electron chi connectivity index (χ4n) is 3.41. The van der Waals surface area contributed by atoms with Gasteiger partial charge >= 0.3 is 6.03 Å². The van der Waals surface area contributed by atoms with Gasteiger partial charge in [0.05, 0.1) is 11.4 Å². The first kappa shape index (κ1) is 14.6. The van der Waals surface area contributed by atoms with Gasteiger partial charge in [-0.05, 0) is 41.5 Å². The third-order valence-electron chi connectivity index (χ3n) is 4.80. The van der Waals surface area contributed by atoms with Gasteiger partial charge in [0, 0.05) is 0 Å². The molecular weight excluding hydrogens is 272 g/mol. The van der Waals surface area contributed by atoms with Crippen molar-refractivity contribution in [2.24, 2.45) is 11.7 Å². The highest BCUT2D eigenvalue weighted by atomic mass is 16.2. The Hall–Kier alpha value is -2.29. The number of nitrogens with zero attached hydrogens (tertiary/aromatic N) is 1. The van der Waals surface area contributed by atoms with E-state index in [1.165, 1.54) is 11.1 Å². The lowest BCUT2D eigenvalue weighted by Crippen LogP contribution is -2.32. The Morgan fingerprint density at radius 2 is 1.82 bits per heavy atom. The highest BCUT2D eigenvalue weighted by molar-refractivity contribution is 6.00. The molecule has 0 saturated carbocycles. The number of fused-ring (bicyclic) bond motifs is 2. The Kier molecular flexibility index (Phi) is 3.88. The lowest BCUT2D eigenvalue weighted by atomic mass is 9.81. The Bertz CT molecular complexity index is 695. The molecule has 1 aliphatic rings. The second kappa shape index (κ2) is 5.84. The van der Waals surface area contributed by atoms with Crippen LogP contribution in [0.5, 0.6) is 0 Å². The number of carbonyl (C=O) groups is 1. The normalized spacial score (nSPS) is 18.1. The molecule has 0 aromatic heterocycles. The SMILES string of the molecule is CC[C@@H](C)C1Cc2ccccc2N(C(N)=O)c2ccccc21. The summed E-state index contributed by atoms with van der Waals surface area (Å²) in [5.41, 5.74) is 9.94. The van der Waals surface area contributed by atoms with Gasteiger partial charge < -0.3 is 5.73 Å². The lowest BCUT2D eigenvalue weighted by molar-refractivity contribution is 0.256. The summed E-state index contributed by atoms with van der Waals surface area (Å²) in [6.07, 6.45) is 2.05. The first-order valence-corrected chi connectivity index (χ1v) is 7.89. The van der Waals surface area contributed by atoms with Crippen LogP contribution >= 0.6 is 0 Å². The highest BCUT2D eigenvalue weighted by Crippen LogP contribution is 2.44. The molecule has 3 rings (SSSR count). The zero-order chi connectivity index (χ0) is 15.7. The van der Waals surface area contributed by atoms with Crippen LogP contribution in [0.2, 0.25) is 0 Å². The Labute approximate surface area is 131 Å². The number of benzene rings is 2. The van der Waals surface area contributed by atoms with E-state index in [0.717, 1.165) is 24.2 Å². The molecule has 22 heavy (non-hydrogen) atoms. The van der Waals surface area contributed by atoms with Crippen molar-refractivity contribution in [3.8, 4) is 0 Å². The summed E-state index contributed by atoms with van der Waals surface area (Å²) in [6.45, 7) is 4.50. The van der Waals surface area contributed by atoms with Crippen molar-refractivity contribution >= 4 is 17.4 Å². The molecule has 2 atom stereocenters. The van der Waals surface area contributed by atoms with E-state index in [9.17, 15) is 4.79 Å². The average Bonchev–Trinajstić information content (AvgIpc) is 2.68. The molecule has 0 saturated heterocycles. The van der Waals surface area contributed by atoms with Gasteiger partial charge in [-0.1, -0.05) is 56.7 Å². The predicted molar refractivity (Wildman–Crippen MR) is 90.5 cm³/mol. The van der Waals surface area contributed by atoms with E-state index >= 15 is 0 Å². The lowest BCUT2D eigenvalue weighted by Gasteiger charge is -2.25. The van der Waals surface area contributed by atoms with Crippen LogP contribution in [0.4, 0.5) is 16.2 Å². The van der Waals surface area contributed by atoms with E-state index in [1.54, 1.807) is 4.90 Å². The van der Waals surface area contributed by atoms with Crippen LogP contribution in [0, 0.1) is 5.92 Å². The molecule has 1 unspecified atom stereocenters. The minimum absolute atomic E-state index is 0.395. The van der Waals surface area contributed by atoms with Crippen LogP contribution in [-0.2, 0) is 6.42 Å². The molecule has 3 nitrogen and oxygen atoms in total. The average molecular weight is 294 g/mol. The highest BCUT2D eigenvalue weighted by Gasteiger charge is 2.30. The molecule has 1 heterocycles. The molecular formula is C19H22N2O. The molecule has 1 aliphatic heterocycles. The number of primary amides is 1. The molecule has 2 aromatic carbocycles. The van der Waals surface area contributed by atoms with E-state index in [4.69, 9.17) is 5.73 Å². The van der Waals surface area contributed by atoms with Crippen molar-refractivity contribution in [2.75, 3.05) is 4.90 Å². The molecule has 0 bridgehead atoms. The first-order chi connectivity index (χ1) is 10.6. The molecule has 2 N–H and O–H groups in total. The molecule has 3 heteroatoms. The van der Waals surface area contributed by atoms with Gasteiger partial charge in [0.25, 0.3) is 0 Å². The van der Waals surface area contributed by atoms with Crippen LogP contribution < -0.4 is 10.6 Å². The summed E-state index contributed by atoms with van der Waals surface area (Å²) >= 11 is 0. The number of anilines is 2. The van der Waals surface area contributed by atoms with Gasteiger partial charge in [-0.3, -0.25) is 4.90 Å². The predicted octanol–water partition coefficient (Wildman–Crippen LogP) is 4.59. The quantitative estimate of drug-likeness (QED) is 0.865. The largest absolute Gasteiger partial charge is 0.351 e. The number of para-hydroxylation sites is 2. The van der Waals surface area contributed by atoms with Crippen LogP contribution in [-0.4, -0.2) is 6.03 Å². The summed E-state index contributed by atoms with van der Waals surface area (Å²) in [7, 11) is 0. The number of carbonyl (C=O) groups excluding carboxylic acids is 1. The van der Waals surface area contributed by atoms with Crippen LogP contribution in [0.15, 0.2) is 48.5 Å². The van der Waals surface area contributed by atoms with E-state index in [2.05, 4.69) is 26.0 Å². The number of hydrogen-bond donors (Lipinski definition) is 1. The maximum atomic E-state index is 12.1. The maximum absolute atomic E-state index is 12.1. The van der Waals surface area contributed by atoms with E-state index in [0.29, 0.717) is 11.8 Å². The topological polar surface area (TPSA) is 46.3 Å². The van der Waals surface area contributed by atoms with Gasteiger partial charge in [0.1, 0.15) is 0 Å². The molecule has 0 radical (unpaired) electrons. The van der Waals surface area contributed by atoms with Crippen LogP contribution in [0.25, 0.3) is 0 Å². The molecule has 114 valence electrons. The number of hydrogen-bond acceptors (Lipinski definition) is 1. The van der Waals surface area contributed by atoms with E-state index in [1.807, 2.05) is 36.4 Å². The summed E-state index contributed by atoms with van der Waals surface area (Å²) in [6, 6.07) is 15.8. The van der Waals surface area contributed by atoms with Crippen molar-refractivity contribution in [3.63, 3.8) is 0 Å². The van der Waals surface area contributed by atoms with E-state index in [-0.39, 0.29) is 0 Å². The van der Waals surface area contributed by atoms with Gasteiger partial charge in [-0.2, -0.15) is 0 Å². The zero-order valence-electron chi connectivity index (χ0n) is 13.1. The van der Waals surface area contributed by atoms with Gasteiger partial charge in [-0.15, -0.1) is 0 Å². The van der Waals surface area contributed by atoms with Crippen LogP contribution in [0.3, 0.4) is 0 Å². The monoisotopic (exact) mass is 294 g/mol. The van der Waals surface area contributed by atoms with Gasteiger partial charge in [0.15, 0.2) is 0 Å². The summed E-state index contributed by atoms with van der Waals surface area (Å²) in [4.78, 5) is 13.8. The fraction of sp³-hybridized carbons (Fsp3) is 0.316. The third kappa shape index (κ3) is 2.37. The second-order valence-electron chi connectivity index (χ2n) is 6.06. The summed E-state index contributed by atoms with van der Waals surface area (Å²) < 4.78 is 0. The van der Waals surface area contributed by atoms with Crippen molar-refractivity contribution in [1.29, 1.82) is 0 Å². The van der Waals surface area contributed by atoms with Gasteiger partial charge in [0.2, 0.25) is 0 Å². The molecule has 2 amide bonds. The Morgan fingerprint density at radius 3 is 2.50 bits per heavy atom. The first-order valence-electron chi connectivity index (χ1n) is 7.89. The van der Waals surface area contributed by atoms with Crippen molar-refractivity contribution in [1.82, 2.24) is 0 Å². The van der Waals surface area contributed by atoms with Gasteiger partial charge in [-0.25, -0.2) is 4.79 Å². The molecule has 0 aliphatic carbocycles. The smallest absolute Gasteiger partial charge is 0.323 e. The Balaban J connectivity index is 2.25. The Morgan fingerprint density at radius 1 is 1.18 bits per heavy atom. The summed E-state index contributed by atoms with van der Waals surface area (Å²) in [5.74, 6) is 0.939. The number of amides is 2.